The Bertz CT molecular complexity index is 467. The van der Waals surface area contributed by atoms with E-state index in [0.717, 1.165) is 19.3 Å². The highest BCUT2D eigenvalue weighted by molar-refractivity contribution is 5.76. The van der Waals surface area contributed by atoms with E-state index in [-0.39, 0.29) is 23.5 Å². The number of rotatable bonds is 7. The number of hydrogen-bond donors (Lipinski definition) is 2. The number of ether oxygens (including phenoxy) is 1. The number of para-hydroxylation sites is 1. The van der Waals surface area contributed by atoms with Crippen molar-refractivity contribution < 1.29 is 13.9 Å². The standard InChI is InChI=1S/C16H23FN2O2/c17-13-6-1-2-8-15(13)21-10-4-9-16(20)19-14-7-3-5-12(14)11-18/h1-2,6,8,12,14H,3-5,7,9-11,18H2,(H,19,20). The van der Waals surface area contributed by atoms with E-state index in [0.29, 0.717) is 31.9 Å². The fraction of sp³-hybridized carbons (Fsp3) is 0.562. The third-order valence-electron chi connectivity index (χ3n) is 3.95. The number of carbonyl (C=O) groups excluding carboxylic acids is 1. The van der Waals surface area contributed by atoms with Crippen molar-refractivity contribution in [3.8, 4) is 5.75 Å². The molecule has 4 nitrogen and oxygen atoms in total. The Balaban J connectivity index is 1.64. The molecule has 0 saturated heterocycles. The molecule has 2 atom stereocenters. The van der Waals surface area contributed by atoms with E-state index < -0.39 is 0 Å². The molecule has 0 bridgehead atoms. The first-order valence-corrected chi connectivity index (χ1v) is 7.57. The van der Waals surface area contributed by atoms with Gasteiger partial charge < -0.3 is 15.8 Å². The number of hydrogen-bond acceptors (Lipinski definition) is 3. The minimum Gasteiger partial charge on any atom is -0.491 e. The zero-order valence-electron chi connectivity index (χ0n) is 12.2. The minimum absolute atomic E-state index is 0.0254. The van der Waals surface area contributed by atoms with Crippen molar-refractivity contribution in [1.29, 1.82) is 0 Å². The maximum Gasteiger partial charge on any atom is 0.220 e. The van der Waals surface area contributed by atoms with E-state index >= 15 is 0 Å². The molecule has 0 aromatic heterocycles. The highest BCUT2D eigenvalue weighted by Gasteiger charge is 2.26. The number of halogens is 1. The predicted octanol–water partition coefficient (Wildman–Crippen LogP) is 2.23. The van der Waals surface area contributed by atoms with E-state index in [2.05, 4.69) is 5.32 Å². The Hall–Kier alpha value is -1.62. The van der Waals surface area contributed by atoms with Crippen molar-refractivity contribution in [2.24, 2.45) is 11.7 Å². The Morgan fingerprint density at radius 1 is 1.38 bits per heavy atom. The number of amides is 1. The van der Waals surface area contributed by atoms with Crippen LogP contribution in [0.25, 0.3) is 0 Å². The molecule has 116 valence electrons. The zero-order valence-corrected chi connectivity index (χ0v) is 12.2. The normalized spacial score (nSPS) is 21.2. The molecule has 1 aliphatic rings. The van der Waals surface area contributed by atoms with Crippen LogP contribution in [-0.2, 0) is 4.79 Å². The maximum atomic E-state index is 13.3. The van der Waals surface area contributed by atoms with Gasteiger partial charge in [0.25, 0.3) is 0 Å². The fourth-order valence-electron chi connectivity index (χ4n) is 2.76. The molecule has 3 N–H and O–H groups in total. The lowest BCUT2D eigenvalue weighted by Crippen LogP contribution is -2.39. The van der Waals surface area contributed by atoms with Crippen molar-refractivity contribution in [2.75, 3.05) is 13.2 Å². The van der Waals surface area contributed by atoms with E-state index in [1.54, 1.807) is 18.2 Å². The summed E-state index contributed by atoms with van der Waals surface area (Å²) in [6, 6.07) is 6.49. The van der Waals surface area contributed by atoms with Gasteiger partial charge in [0, 0.05) is 12.5 Å². The van der Waals surface area contributed by atoms with Crippen LogP contribution in [-0.4, -0.2) is 25.1 Å². The van der Waals surface area contributed by atoms with Crippen LogP contribution in [0, 0.1) is 11.7 Å². The molecule has 1 fully saturated rings. The van der Waals surface area contributed by atoms with Crippen LogP contribution < -0.4 is 15.8 Å². The van der Waals surface area contributed by atoms with Gasteiger partial charge in [0.05, 0.1) is 6.61 Å². The summed E-state index contributed by atoms with van der Waals surface area (Å²) in [6.45, 7) is 0.959. The minimum atomic E-state index is -0.376. The van der Waals surface area contributed by atoms with Crippen molar-refractivity contribution in [1.82, 2.24) is 5.32 Å². The molecule has 21 heavy (non-hydrogen) atoms. The fourth-order valence-corrected chi connectivity index (χ4v) is 2.76. The summed E-state index contributed by atoms with van der Waals surface area (Å²) in [6.07, 6.45) is 4.20. The van der Waals surface area contributed by atoms with Gasteiger partial charge in [-0.05, 0) is 43.9 Å². The molecule has 0 aliphatic heterocycles. The summed E-state index contributed by atoms with van der Waals surface area (Å²) in [5.41, 5.74) is 5.69. The maximum absolute atomic E-state index is 13.3. The Morgan fingerprint density at radius 3 is 2.95 bits per heavy atom. The number of nitrogens with two attached hydrogens (primary N) is 1. The molecule has 1 aromatic carbocycles. The first-order valence-electron chi connectivity index (χ1n) is 7.57. The second-order valence-corrected chi connectivity index (χ2v) is 5.48. The van der Waals surface area contributed by atoms with E-state index in [1.807, 2.05) is 0 Å². The first-order chi connectivity index (χ1) is 10.2. The molecule has 5 heteroatoms. The topological polar surface area (TPSA) is 64.3 Å². The number of carbonyl (C=O) groups is 1. The third kappa shape index (κ3) is 4.70. The lowest BCUT2D eigenvalue weighted by molar-refractivity contribution is -0.122. The molecule has 1 aromatic rings. The Labute approximate surface area is 124 Å². The van der Waals surface area contributed by atoms with Crippen LogP contribution in [0.1, 0.15) is 32.1 Å². The summed E-state index contributed by atoms with van der Waals surface area (Å²) in [5.74, 6) is 0.289. The van der Waals surface area contributed by atoms with Crippen molar-refractivity contribution >= 4 is 5.91 Å². The molecule has 2 rings (SSSR count). The van der Waals surface area contributed by atoms with Crippen LogP contribution in [0.2, 0.25) is 0 Å². The first kappa shape index (κ1) is 15.8. The Kier molecular flexibility index (Phi) is 5.99. The summed E-state index contributed by atoms with van der Waals surface area (Å²) in [5, 5.41) is 3.04. The van der Waals surface area contributed by atoms with Crippen LogP contribution in [0.3, 0.4) is 0 Å². The van der Waals surface area contributed by atoms with Gasteiger partial charge in [-0.1, -0.05) is 18.6 Å². The Morgan fingerprint density at radius 2 is 2.19 bits per heavy atom. The summed E-state index contributed by atoms with van der Waals surface area (Å²) in [7, 11) is 0. The quantitative estimate of drug-likeness (QED) is 0.758. The lowest BCUT2D eigenvalue weighted by Gasteiger charge is -2.19. The zero-order chi connectivity index (χ0) is 15.1. The molecule has 1 saturated carbocycles. The highest BCUT2D eigenvalue weighted by Crippen LogP contribution is 2.24. The van der Waals surface area contributed by atoms with Crippen molar-refractivity contribution in [3.05, 3.63) is 30.1 Å². The largest absolute Gasteiger partial charge is 0.491 e. The van der Waals surface area contributed by atoms with Gasteiger partial charge in [0.1, 0.15) is 0 Å². The third-order valence-corrected chi connectivity index (χ3v) is 3.95. The molecule has 1 aliphatic carbocycles. The molecular formula is C16H23FN2O2. The molecule has 2 unspecified atom stereocenters. The van der Waals surface area contributed by atoms with Crippen molar-refractivity contribution in [2.45, 2.75) is 38.1 Å². The number of nitrogens with one attached hydrogen (secondary N) is 1. The predicted molar refractivity (Wildman–Crippen MR) is 79.5 cm³/mol. The SMILES string of the molecule is NCC1CCCC1NC(=O)CCCOc1ccccc1F. The molecule has 0 spiro atoms. The molecule has 0 heterocycles. The van der Waals surface area contributed by atoms with Gasteiger partial charge in [-0.2, -0.15) is 0 Å². The molecule has 0 radical (unpaired) electrons. The monoisotopic (exact) mass is 294 g/mol. The van der Waals surface area contributed by atoms with Crippen molar-refractivity contribution in [3.63, 3.8) is 0 Å². The van der Waals surface area contributed by atoms with Gasteiger partial charge in [0.2, 0.25) is 5.91 Å². The summed E-state index contributed by atoms with van der Waals surface area (Å²) >= 11 is 0. The van der Waals surface area contributed by atoms with Crippen LogP contribution in [0.15, 0.2) is 24.3 Å². The van der Waals surface area contributed by atoms with Gasteiger partial charge >= 0.3 is 0 Å². The summed E-state index contributed by atoms with van der Waals surface area (Å²) in [4.78, 5) is 11.9. The van der Waals surface area contributed by atoms with E-state index in [1.165, 1.54) is 6.07 Å². The van der Waals surface area contributed by atoms with E-state index in [9.17, 15) is 9.18 Å². The lowest BCUT2D eigenvalue weighted by atomic mass is 10.0. The number of benzene rings is 1. The van der Waals surface area contributed by atoms with E-state index in [4.69, 9.17) is 10.5 Å². The van der Waals surface area contributed by atoms with Gasteiger partial charge in [0.15, 0.2) is 11.6 Å². The van der Waals surface area contributed by atoms with Gasteiger partial charge in [-0.3, -0.25) is 4.79 Å². The summed E-state index contributed by atoms with van der Waals surface area (Å²) < 4.78 is 18.6. The second kappa shape index (κ2) is 7.98. The second-order valence-electron chi connectivity index (χ2n) is 5.48. The average Bonchev–Trinajstić information content (AvgIpc) is 2.92. The molecular weight excluding hydrogens is 271 g/mol. The van der Waals surface area contributed by atoms with Crippen LogP contribution in [0.4, 0.5) is 4.39 Å². The van der Waals surface area contributed by atoms with Gasteiger partial charge in [-0.25, -0.2) is 4.39 Å². The highest BCUT2D eigenvalue weighted by atomic mass is 19.1. The van der Waals surface area contributed by atoms with Crippen LogP contribution in [0.5, 0.6) is 5.75 Å². The van der Waals surface area contributed by atoms with Gasteiger partial charge in [-0.15, -0.1) is 0 Å². The van der Waals surface area contributed by atoms with Crippen LogP contribution >= 0.6 is 0 Å². The molecule has 1 amide bonds. The average molecular weight is 294 g/mol. The smallest absolute Gasteiger partial charge is 0.220 e.